The van der Waals surface area contributed by atoms with Crippen molar-refractivity contribution in [2.75, 3.05) is 26.7 Å². The molecule has 5 heteroatoms. The summed E-state index contributed by atoms with van der Waals surface area (Å²) in [6.45, 7) is 4.57. The minimum Gasteiger partial charge on any atom is -0.469 e. The summed E-state index contributed by atoms with van der Waals surface area (Å²) in [6, 6.07) is 0.0292. The van der Waals surface area contributed by atoms with E-state index in [4.69, 9.17) is 4.74 Å². The minimum absolute atomic E-state index is 0.0292. The summed E-state index contributed by atoms with van der Waals surface area (Å²) >= 11 is 0. The van der Waals surface area contributed by atoms with Crippen molar-refractivity contribution in [1.82, 2.24) is 10.2 Å². The van der Waals surface area contributed by atoms with Gasteiger partial charge in [-0.25, -0.2) is 0 Å². The highest BCUT2D eigenvalue weighted by molar-refractivity contribution is 5.81. The SMILES string of the molecule is COC(=O)CC1CCCCN1C(=O)C1CNCC1C. The third kappa shape index (κ3) is 3.26. The lowest BCUT2D eigenvalue weighted by molar-refractivity contribution is -0.146. The van der Waals surface area contributed by atoms with Crippen molar-refractivity contribution in [2.45, 2.75) is 38.6 Å². The van der Waals surface area contributed by atoms with Crippen molar-refractivity contribution in [2.24, 2.45) is 11.8 Å². The fourth-order valence-electron chi connectivity index (χ4n) is 3.13. The second kappa shape index (κ2) is 6.37. The van der Waals surface area contributed by atoms with Gasteiger partial charge in [-0.2, -0.15) is 0 Å². The molecule has 2 aliphatic heterocycles. The van der Waals surface area contributed by atoms with Crippen molar-refractivity contribution in [1.29, 1.82) is 0 Å². The first-order valence-electron chi connectivity index (χ1n) is 7.21. The van der Waals surface area contributed by atoms with Crippen LogP contribution in [-0.2, 0) is 14.3 Å². The molecule has 0 spiro atoms. The normalized spacial score (nSPS) is 31.3. The van der Waals surface area contributed by atoms with Gasteiger partial charge in [0, 0.05) is 19.1 Å². The molecule has 2 heterocycles. The maximum Gasteiger partial charge on any atom is 0.307 e. The molecule has 0 aromatic heterocycles. The van der Waals surface area contributed by atoms with Gasteiger partial charge in [0.25, 0.3) is 0 Å². The summed E-state index contributed by atoms with van der Waals surface area (Å²) in [4.78, 5) is 26.0. The molecule has 2 aliphatic rings. The number of nitrogens with one attached hydrogen (secondary N) is 1. The Hall–Kier alpha value is -1.10. The molecule has 1 N–H and O–H groups in total. The lowest BCUT2D eigenvalue weighted by Crippen LogP contribution is -2.48. The van der Waals surface area contributed by atoms with Crippen molar-refractivity contribution in [3.8, 4) is 0 Å². The van der Waals surface area contributed by atoms with Gasteiger partial charge in [-0.15, -0.1) is 0 Å². The predicted molar refractivity (Wildman–Crippen MR) is 71.5 cm³/mol. The predicted octanol–water partition coefficient (Wildman–Crippen LogP) is 0.786. The number of methoxy groups -OCH3 is 1. The zero-order chi connectivity index (χ0) is 13.8. The van der Waals surface area contributed by atoms with Gasteiger partial charge >= 0.3 is 5.97 Å². The van der Waals surface area contributed by atoms with E-state index in [-0.39, 0.29) is 23.8 Å². The first-order chi connectivity index (χ1) is 9.13. The van der Waals surface area contributed by atoms with Crippen LogP contribution in [0.1, 0.15) is 32.6 Å². The third-order valence-electron chi connectivity index (χ3n) is 4.37. The smallest absolute Gasteiger partial charge is 0.307 e. The maximum absolute atomic E-state index is 12.6. The lowest BCUT2D eigenvalue weighted by atomic mass is 9.92. The molecule has 0 saturated carbocycles. The monoisotopic (exact) mass is 268 g/mol. The molecule has 0 aliphatic carbocycles. The molecular formula is C14H24N2O3. The molecule has 0 aromatic rings. The highest BCUT2D eigenvalue weighted by atomic mass is 16.5. The summed E-state index contributed by atoms with van der Waals surface area (Å²) in [5, 5.41) is 3.27. The Kier molecular flexibility index (Phi) is 4.80. The highest BCUT2D eigenvalue weighted by Crippen LogP contribution is 2.26. The maximum atomic E-state index is 12.6. The Morgan fingerprint density at radius 2 is 2.11 bits per heavy atom. The number of esters is 1. The fraction of sp³-hybridized carbons (Fsp3) is 0.857. The van der Waals surface area contributed by atoms with Gasteiger partial charge in [-0.3, -0.25) is 9.59 Å². The number of piperidine rings is 1. The molecule has 0 bridgehead atoms. The van der Waals surface area contributed by atoms with E-state index in [2.05, 4.69) is 12.2 Å². The summed E-state index contributed by atoms with van der Waals surface area (Å²) in [6.07, 6.45) is 3.37. The average Bonchev–Trinajstić information content (AvgIpc) is 2.84. The number of nitrogens with zero attached hydrogens (tertiary/aromatic N) is 1. The van der Waals surface area contributed by atoms with Gasteiger partial charge in [-0.1, -0.05) is 6.92 Å². The van der Waals surface area contributed by atoms with Crippen LogP contribution in [0.25, 0.3) is 0 Å². The number of rotatable bonds is 3. The minimum atomic E-state index is -0.220. The second-order valence-corrected chi connectivity index (χ2v) is 5.70. The van der Waals surface area contributed by atoms with Gasteiger partial charge in [0.2, 0.25) is 5.91 Å². The topological polar surface area (TPSA) is 58.6 Å². The molecule has 19 heavy (non-hydrogen) atoms. The standard InChI is InChI=1S/C14H24N2O3/c1-10-8-15-9-12(10)14(18)16-6-4-3-5-11(16)7-13(17)19-2/h10-12,15H,3-9H2,1-2H3. The van der Waals surface area contributed by atoms with Crippen LogP contribution in [0, 0.1) is 11.8 Å². The number of hydrogen-bond donors (Lipinski definition) is 1. The van der Waals surface area contributed by atoms with E-state index in [0.29, 0.717) is 12.3 Å². The van der Waals surface area contributed by atoms with E-state index in [1.807, 2.05) is 4.90 Å². The van der Waals surface area contributed by atoms with Crippen molar-refractivity contribution in [3.05, 3.63) is 0 Å². The molecule has 0 aromatic carbocycles. The molecule has 1 amide bonds. The van der Waals surface area contributed by atoms with Crippen LogP contribution < -0.4 is 5.32 Å². The molecule has 2 fully saturated rings. The van der Waals surface area contributed by atoms with E-state index >= 15 is 0 Å². The number of carbonyl (C=O) groups excluding carboxylic acids is 2. The molecule has 3 unspecified atom stereocenters. The number of hydrogen-bond acceptors (Lipinski definition) is 4. The summed E-state index contributed by atoms with van der Waals surface area (Å²) in [5.41, 5.74) is 0. The Bertz CT molecular complexity index is 346. The summed E-state index contributed by atoms with van der Waals surface area (Å²) < 4.78 is 4.74. The third-order valence-corrected chi connectivity index (χ3v) is 4.37. The van der Waals surface area contributed by atoms with Crippen molar-refractivity contribution < 1.29 is 14.3 Å². The van der Waals surface area contributed by atoms with Gasteiger partial charge < -0.3 is 15.0 Å². The van der Waals surface area contributed by atoms with Gasteiger partial charge in [0.1, 0.15) is 0 Å². The largest absolute Gasteiger partial charge is 0.469 e. The van der Waals surface area contributed by atoms with Gasteiger partial charge in [0.15, 0.2) is 0 Å². The van der Waals surface area contributed by atoms with Gasteiger partial charge in [-0.05, 0) is 31.7 Å². The quantitative estimate of drug-likeness (QED) is 0.769. The van der Waals surface area contributed by atoms with E-state index in [0.717, 1.165) is 38.9 Å². The molecule has 3 atom stereocenters. The van der Waals surface area contributed by atoms with Crippen LogP contribution >= 0.6 is 0 Å². The molecule has 2 saturated heterocycles. The number of likely N-dealkylation sites (tertiary alicyclic amines) is 1. The Morgan fingerprint density at radius 3 is 2.74 bits per heavy atom. The highest BCUT2D eigenvalue weighted by Gasteiger charge is 2.37. The van der Waals surface area contributed by atoms with Crippen LogP contribution in [0.15, 0.2) is 0 Å². The first kappa shape index (κ1) is 14.3. The van der Waals surface area contributed by atoms with Crippen LogP contribution in [-0.4, -0.2) is 49.6 Å². The zero-order valence-corrected chi connectivity index (χ0v) is 11.9. The van der Waals surface area contributed by atoms with Crippen molar-refractivity contribution >= 4 is 11.9 Å². The number of amides is 1. The second-order valence-electron chi connectivity index (χ2n) is 5.70. The van der Waals surface area contributed by atoms with E-state index in [1.165, 1.54) is 7.11 Å². The molecular weight excluding hydrogens is 244 g/mol. The van der Waals surface area contributed by atoms with E-state index < -0.39 is 0 Å². The first-order valence-corrected chi connectivity index (χ1v) is 7.21. The van der Waals surface area contributed by atoms with Crippen molar-refractivity contribution in [3.63, 3.8) is 0 Å². The van der Waals surface area contributed by atoms with Crippen LogP contribution in [0.4, 0.5) is 0 Å². The average molecular weight is 268 g/mol. The van der Waals surface area contributed by atoms with Crippen LogP contribution in [0.2, 0.25) is 0 Å². The molecule has 0 radical (unpaired) electrons. The summed E-state index contributed by atoms with van der Waals surface area (Å²) in [7, 11) is 1.40. The van der Waals surface area contributed by atoms with Crippen LogP contribution in [0.3, 0.4) is 0 Å². The fourth-order valence-corrected chi connectivity index (χ4v) is 3.13. The lowest BCUT2D eigenvalue weighted by Gasteiger charge is -2.37. The Labute approximate surface area is 114 Å². The van der Waals surface area contributed by atoms with E-state index in [9.17, 15) is 9.59 Å². The molecule has 2 rings (SSSR count). The van der Waals surface area contributed by atoms with Gasteiger partial charge in [0.05, 0.1) is 19.4 Å². The molecule has 5 nitrogen and oxygen atoms in total. The molecule has 108 valence electrons. The number of ether oxygens (including phenoxy) is 1. The van der Waals surface area contributed by atoms with Crippen LogP contribution in [0.5, 0.6) is 0 Å². The zero-order valence-electron chi connectivity index (χ0n) is 11.9. The Balaban J connectivity index is 2.02. The van der Waals surface area contributed by atoms with E-state index in [1.54, 1.807) is 0 Å². The Morgan fingerprint density at radius 1 is 1.32 bits per heavy atom. The summed E-state index contributed by atoms with van der Waals surface area (Å²) in [5.74, 6) is 0.444. The number of carbonyl (C=O) groups is 2.